The van der Waals surface area contributed by atoms with Gasteiger partial charge in [0.25, 0.3) is 5.91 Å². The van der Waals surface area contributed by atoms with Gasteiger partial charge in [-0.2, -0.15) is 5.10 Å². The first-order chi connectivity index (χ1) is 5.49. The molecule has 5 heteroatoms. The van der Waals surface area contributed by atoms with Crippen LogP contribution in [0.4, 0.5) is 0 Å². The van der Waals surface area contributed by atoms with E-state index in [4.69, 9.17) is 0 Å². The Hall–Kier alpha value is -1.39. The summed E-state index contributed by atoms with van der Waals surface area (Å²) in [5.74, 6) is 0.00456. The molecule has 5 nitrogen and oxygen atoms in total. The number of amides is 1. The highest BCUT2D eigenvalue weighted by Gasteiger charge is 2.16. The molecule has 0 fully saturated rings. The highest BCUT2D eigenvalue weighted by molar-refractivity contribution is 5.90. The average molecular weight is 168 g/mol. The highest BCUT2D eigenvalue weighted by Crippen LogP contribution is 1.99. The van der Waals surface area contributed by atoms with Crippen LogP contribution >= 0.6 is 0 Å². The van der Waals surface area contributed by atoms with E-state index in [1.807, 2.05) is 20.8 Å². The molecule has 1 aromatic heterocycles. The lowest BCUT2D eigenvalue weighted by atomic mass is 10.1. The van der Waals surface area contributed by atoms with Gasteiger partial charge in [0, 0.05) is 5.54 Å². The van der Waals surface area contributed by atoms with Gasteiger partial charge in [-0.05, 0) is 20.8 Å². The largest absolute Gasteiger partial charge is 0.345 e. The maximum absolute atomic E-state index is 11.3. The molecular formula is C7H12N4O. The minimum Gasteiger partial charge on any atom is -0.345 e. The van der Waals surface area contributed by atoms with Crippen LogP contribution in [-0.2, 0) is 0 Å². The summed E-state index contributed by atoms with van der Waals surface area (Å²) in [5.41, 5.74) is -0.246. The number of hydrogen-bond donors (Lipinski definition) is 2. The summed E-state index contributed by atoms with van der Waals surface area (Å²) in [7, 11) is 0. The van der Waals surface area contributed by atoms with Crippen molar-refractivity contribution in [2.75, 3.05) is 0 Å². The van der Waals surface area contributed by atoms with Crippen molar-refractivity contribution < 1.29 is 4.79 Å². The van der Waals surface area contributed by atoms with Crippen LogP contribution in [0, 0.1) is 0 Å². The molecule has 0 radical (unpaired) electrons. The van der Waals surface area contributed by atoms with E-state index in [1.165, 1.54) is 6.33 Å². The fourth-order valence-corrected chi connectivity index (χ4v) is 0.715. The van der Waals surface area contributed by atoms with Crippen LogP contribution in [0.5, 0.6) is 0 Å². The number of carbonyl (C=O) groups excluding carboxylic acids is 1. The standard InChI is InChI=1S/C7H12N4O/c1-7(2,3)10-6(12)5-8-4-9-11-5/h4H,1-3H3,(H,10,12)(H,8,9,11). The Balaban J connectivity index is 2.63. The van der Waals surface area contributed by atoms with Crippen molar-refractivity contribution in [2.45, 2.75) is 26.3 Å². The summed E-state index contributed by atoms with van der Waals surface area (Å²) in [6.07, 6.45) is 1.30. The van der Waals surface area contributed by atoms with E-state index in [2.05, 4.69) is 20.5 Å². The van der Waals surface area contributed by atoms with Gasteiger partial charge >= 0.3 is 0 Å². The van der Waals surface area contributed by atoms with Crippen molar-refractivity contribution >= 4 is 5.91 Å². The smallest absolute Gasteiger partial charge is 0.289 e. The number of aromatic amines is 1. The van der Waals surface area contributed by atoms with Gasteiger partial charge in [0.05, 0.1) is 0 Å². The van der Waals surface area contributed by atoms with Crippen molar-refractivity contribution in [3.8, 4) is 0 Å². The third-order valence-electron chi connectivity index (χ3n) is 1.12. The maximum Gasteiger partial charge on any atom is 0.289 e. The lowest BCUT2D eigenvalue weighted by Gasteiger charge is -2.19. The Labute approximate surface area is 70.6 Å². The quantitative estimate of drug-likeness (QED) is 0.635. The molecular weight excluding hydrogens is 156 g/mol. The molecule has 0 aromatic carbocycles. The molecule has 0 atom stereocenters. The zero-order chi connectivity index (χ0) is 9.19. The number of H-pyrrole nitrogens is 1. The van der Waals surface area contributed by atoms with E-state index >= 15 is 0 Å². The first-order valence-electron chi connectivity index (χ1n) is 3.67. The monoisotopic (exact) mass is 168 g/mol. The van der Waals surface area contributed by atoms with Crippen LogP contribution in [0.2, 0.25) is 0 Å². The minimum absolute atomic E-state index is 0.236. The van der Waals surface area contributed by atoms with E-state index in [-0.39, 0.29) is 17.3 Å². The molecule has 12 heavy (non-hydrogen) atoms. The Morgan fingerprint density at radius 3 is 2.67 bits per heavy atom. The van der Waals surface area contributed by atoms with Crippen molar-refractivity contribution in [3.63, 3.8) is 0 Å². The molecule has 1 heterocycles. The van der Waals surface area contributed by atoms with E-state index < -0.39 is 0 Å². The summed E-state index contributed by atoms with van der Waals surface area (Å²) >= 11 is 0. The first kappa shape index (κ1) is 8.70. The van der Waals surface area contributed by atoms with Crippen molar-refractivity contribution in [1.29, 1.82) is 0 Å². The van der Waals surface area contributed by atoms with Gasteiger partial charge in [-0.1, -0.05) is 0 Å². The number of carbonyl (C=O) groups is 1. The molecule has 1 amide bonds. The van der Waals surface area contributed by atoms with Crippen LogP contribution in [-0.4, -0.2) is 26.6 Å². The Morgan fingerprint density at radius 2 is 2.25 bits per heavy atom. The topological polar surface area (TPSA) is 70.7 Å². The van der Waals surface area contributed by atoms with Crippen molar-refractivity contribution in [3.05, 3.63) is 12.2 Å². The second-order valence-electron chi connectivity index (χ2n) is 3.54. The minimum atomic E-state index is -0.246. The van der Waals surface area contributed by atoms with Crippen LogP contribution in [0.25, 0.3) is 0 Å². The van der Waals surface area contributed by atoms with Crippen LogP contribution in [0.1, 0.15) is 31.4 Å². The van der Waals surface area contributed by atoms with Gasteiger partial charge in [-0.15, -0.1) is 0 Å². The molecule has 0 unspecified atom stereocenters. The zero-order valence-corrected chi connectivity index (χ0v) is 7.38. The van der Waals surface area contributed by atoms with Crippen molar-refractivity contribution in [1.82, 2.24) is 20.5 Å². The summed E-state index contributed by atoms with van der Waals surface area (Å²) in [4.78, 5) is 15.0. The van der Waals surface area contributed by atoms with Crippen LogP contribution < -0.4 is 5.32 Å². The van der Waals surface area contributed by atoms with E-state index in [0.717, 1.165) is 0 Å². The maximum atomic E-state index is 11.3. The Morgan fingerprint density at radius 1 is 1.58 bits per heavy atom. The Bertz CT molecular complexity index is 259. The van der Waals surface area contributed by atoms with Gasteiger partial charge in [0.2, 0.25) is 5.82 Å². The van der Waals surface area contributed by atoms with Crippen LogP contribution in [0.3, 0.4) is 0 Å². The number of nitrogens with one attached hydrogen (secondary N) is 2. The van der Waals surface area contributed by atoms with Gasteiger partial charge < -0.3 is 5.32 Å². The molecule has 0 aliphatic carbocycles. The predicted molar refractivity (Wildman–Crippen MR) is 43.6 cm³/mol. The zero-order valence-electron chi connectivity index (χ0n) is 7.38. The van der Waals surface area contributed by atoms with Crippen molar-refractivity contribution in [2.24, 2.45) is 0 Å². The summed E-state index contributed by atoms with van der Waals surface area (Å²) < 4.78 is 0. The second kappa shape index (κ2) is 2.92. The third kappa shape index (κ3) is 2.34. The SMILES string of the molecule is CC(C)(C)NC(=O)c1ncn[nH]1. The number of aromatic nitrogens is 3. The molecule has 0 aliphatic rings. The fourth-order valence-electron chi connectivity index (χ4n) is 0.715. The third-order valence-corrected chi connectivity index (χ3v) is 1.12. The molecule has 0 spiro atoms. The normalized spacial score (nSPS) is 11.2. The summed E-state index contributed by atoms with van der Waals surface area (Å²) in [5, 5.41) is 8.81. The van der Waals surface area contributed by atoms with E-state index in [0.29, 0.717) is 0 Å². The average Bonchev–Trinajstić information content (AvgIpc) is 2.32. The molecule has 0 bridgehead atoms. The lowest BCUT2D eigenvalue weighted by Crippen LogP contribution is -2.41. The molecule has 2 N–H and O–H groups in total. The predicted octanol–water partition coefficient (Wildman–Crippen LogP) is 0.333. The summed E-state index contributed by atoms with van der Waals surface area (Å²) in [6.45, 7) is 5.71. The molecule has 1 aromatic rings. The number of nitrogens with zero attached hydrogens (tertiary/aromatic N) is 2. The molecule has 1 rings (SSSR count). The lowest BCUT2D eigenvalue weighted by molar-refractivity contribution is 0.0909. The molecule has 0 saturated carbocycles. The van der Waals surface area contributed by atoms with Gasteiger partial charge in [-0.3, -0.25) is 9.89 Å². The highest BCUT2D eigenvalue weighted by atomic mass is 16.2. The van der Waals surface area contributed by atoms with E-state index in [1.54, 1.807) is 0 Å². The Kier molecular flexibility index (Phi) is 2.12. The van der Waals surface area contributed by atoms with E-state index in [9.17, 15) is 4.79 Å². The van der Waals surface area contributed by atoms with Gasteiger partial charge in [0.15, 0.2) is 0 Å². The molecule has 0 saturated heterocycles. The molecule has 66 valence electrons. The number of rotatable bonds is 1. The fraction of sp³-hybridized carbons (Fsp3) is 0.571. The second-order valence-corrected chi connectivity index (χ2v) is 3.54. The van der Waals surface area contributed by atoms with Gasteiger partial charge in [0.1, 0.15) is 6.33 Å². The number of hydrogen-bond acceptors (Lipinski definition) is 3. The van der Waals surface area contributed by atoms with Gasteiger partial charge in [-0.25, -0.2) is 4.98 Å². The van der Waals surface area contributed by atoms with Crippen LogP contribution in [0.15, 0.2) is 6.33 Å². The molecule has 0 aliphatic heterocycles. The summed E-state index contributed by atoms with van der Waals surface area (Å²) in [6, 6.07) is 0. The first-order valence-corrected chi connectivity index (χ1v) is 3.67.